The lowest BCUT2D eigenvalue weighted by molar-refractivity contribution is -0.384. The first-order valence-electron chi connectivity index (χ1n) is 6.04. The minimum atomic E-state index is -0.535. The maximum absolute atomic E-state index is 13.2. The van der Waals surface area contributed by atoms with Crippen LogP contribution in [0.2, 0.25) is 5.02 Å². The Morgan fingerprint density at radius 2 is 2.05 bits per heavy atom. The first-order chi connectivity index (χ1) is 9.88. The normalized spacial score (nSPS) is 12.0. The largest absolute Gasteiger partial charge is 0.378 e. The lowest BCUT2D eigenvalue weighted by Gasteiger charge is -2.16. The molecule has 0 saturated heterocycles. The summed E-state index contributed by atoms with van der Waals surface area (Å²) in [6.45, 7) is 1.90. The van der Waals surface area contributed by atoms with Crippen LogP contribution in [0.3, 0.4) is 0 Å². The third-order valence-corrected chi connectivity index (χ3v) is 3.88. The molecule has 2 rings (SSSR count). The molecule has 110 valence electrons. The maximum Gasteiger partial charge on any atom is 0.288 e. The van der Waals surface area contributed by atoms with Crippen LogP contribution in [0.25, 0.3) is 0 Å². The predicted molar refractivity (Wildman–Crippen MR) is 84.2 cm³/mol. The van der Waals surface area contributed by atoms with E-state index in [1.54, 1.807) is 18.2 Å². The second-order valence-electron chi connectivity index (χ2n) is 4.46. The molecule has 0 aliphatic rings. The molecule has 2 aromatic rings. The number of nitrogens with zero attached hydrogens (tertiary/aromatic N) is 1. The molecule has 0 saturated carbocycles. The van der Waals surface area contributed by atoms with Gasteiger partial charge in [-0.25, -0.2) is 4.39 Å². The van der Waals surface area contributed by atoms with Crippen molar-refractivity contribution in [3.63, 3.8) is 0 Å². The fraction of sp³-hybridized carbons (Fsp3) is 0.143. The standard InChI is InChI=1S/C14H11BrClFN2O2/c1-8(9-2-4-13(17)11(15)6-9)18-10-3-5-14(19(20)21)12(16)7-10/h2-8,18H,1H3. The number of anilines is 1. The van der Waals surface area contributed by atoms with E-state index in [1.807, 2.05) is 6.92 Å². The van der Waals surface area contributed by atoms with Crippen molar-refractivity contribution < 1.29 is 9.31 Å². The van der Waals surface area contributed by atoms with Gasteiger partial charge >= 0.3 is 0 Å². The van der Waals surface area contributed by atoms with Crippen LogP contribution in [0, 0.1) is 15.9 Å². The van der Waals surface area contributed by atoms with Gasteiger partial charge in [-0.15, -0.1) is 0 Å². The van der Waals surface area contributed by atoms with Gasteiger partial charge in [0.05, 0.1) is 9.40 Å². The molecule has 0 bridgehead atoms. The summed E-state index contributed by atoms with van der Waals surface area (Å²) in [5.41, 5.74) is 1.38. The van der Waals surface area contributed by atoms with Crippen molar-refractivity contribution in [2.45, 2.75) is 13.0 Å². The summed E-state index contributed by atoms with van der Waals surface area (Å²) in [5.74, 6) is -0.329. The Bertz CT molecular complexity index is 697. The summed E-state index contributed by atoms with van der Waals surface area (Å²) in [7, 11) is 0. The number of hydrogen-bond acceptors (Lipinski definition) is 3. The Morgan fingerprint density at radius 1 is 1.33 bits per heavy atom. The molecule has 1 unspecified atom stereocenters. The van der Waals surface area contributed by atoms with Crippen LogP contribution in [-0.4, -0.2) is 4.92 Å². The van der Waals surface area contributed by atoms with Gasteiger partial charge in [-0.05, 0) is 52.7 Å². The van der Waals surface area contributed by atoms with Crippen LogP contribution in [0.1, 0.15) is 18.5 Å². The van der Waals surface area contributed by atoms with Gasteiger partial charge in [-0.3, -0.25) is 10.1 Å². The highest BCUT2D eigenvalue weighted by Crippen LogP contribution is 2.29. The highest BCUT2D eigenvalue weighted by atomic mass is 79.9. The van der Waals surface area contributed by atoms with E-state index < -0.39 is 4.92 Å². The van der Waals surface area contributed by atoms with E-state index in [2.05, 4.69) is 21.2 Å². The monoisotopic (exact) mass is 372 g/mol. The van der Waals surface area contributed by atoms with Crippen LogP contribution in [-0.2, 0) is 0 Å². The smallest absolute Gasteiger partial charge is 0.288 e. The molecular weight excluding hydrogens is 363 g/mol. The Morgan fingerprint density at radius 3 is 2.62 bits per heavy atom. The fourth-order valence-corrected chi connectivity index (χ4v) is 2.51. The lowest BCUT2D eigenvalue weighted by Crippen LogP contribution is -2.07. The third kappa shape index (κ3) is 3.71. The van der Waals surface area contributed by atoms with Gasteiger partial charge in [0, 0.05) is 17.8 Å². The Labute approximate surface area is 134 Å². The highest BCUT2D eigenvalue weighted by Gasteiger charge is 2.14. The van der Waals surface area contributed by atoms with Crippen LogP contribution < -0.4 is 5.32 Å². The molecule has 0 aliphatic heterocycles. The molecule has 0 aliphatic carbocycles. The predicted octanol–water partition coefficient (Wildman–Crippen LogP) is 5.32. The van der Waals surface area contributed by atoms with Crippen molar-refractivity contribution in [3.8, 4) is 0 Å². The van der Waals surface area contributed by atoms with Crippen molar-refractivity contribution in [2.24, 2.45) is 0 Å². The number of nitro benzene ring substituents is 1. The molecule has 1 N–H and O–H groups in total. The van der Waals surface area contributed by atoms with Gasteiger partial charge in [0.1, 0.15) is 10.8 Å². The fourth-order valence-electron chi connectivity index (χ4n) is 1.86. The summed E-state index contributed by atoms with van der Waals surface area (Å²) in [6, 6.07) is 9.04. The number of hydrogen-bond donors (Lipinski definition) is 1. The number of nitro groups is 1. The average molecular weight is 374 g/mol. The molecule has 21 heavy (non-hydrogen) atoms. The molecule has 0 fully saturated rings. The van der Waals surface area contributed by atoms with Gasteiger partial charge in [-0.1, -0.05) is 17.7 Å². The van der Waals surface area contributed by atoms with E-state index in [9.17, 15) is 14.5 Å². The van der Waals surface area contributed by atoms with Crippen LogP contribution in [0.4, 0.5) is 15.8 Å². The number of benzene rings is 2. The topological polar surface area (TPSA) is 55.2 Å². The van der Waals surface area contributed by atoms with E-state index >= 15 is 0 Å². The number of nitrogens with one attached hydrogen (secondary N) is 1. The molecule has 4 nitrogen and oxygen atoms in total. The molecule has 0 heterocycles. The first-order valence-corrected chi connectivity index (χ1v) is 7.21. The van der Waals surface area contributed by atoms with Crippen molar-refractivity contribution in [3.05, 3.63) is 67.4 Å². The maximum atomic E-state index is 13.2. The average Bonchev–Trinajstić information content (AvgIpc) is 2.41. The Kier molecular flexibility index (Phi) is 4.80. The van der Waals surface area contributed by atoms with Crippen molar-refractivity contribution >= 4 is 38.9 Å². The second kappa shape index (κ2) is 6.41. The molecule has 7 heteroatoms. The highest BCUT2D eigenvalue weighted by molar-refractivity contribution is 9.10. The zero-order chi connectivity index (χ0) is 15.6. The Balaban J connectivity index is 2.19. The molecular formula is C14H11BrClFN2O2. The molecule has 0 spiro atoms. The van der Waals surface area contributed by atoms with E-state index in [0.717, 1.165) is 5.56 Å². The zero-order valence-electron chi connectivity index (χ0n) is 10.9. The molecule has 0 amide bonds. The van der Waals surface area contributed by atoms with E-state index in [0.29, 0.717) is 10.2 Å². The zero-order valence-corrected chi connectivity index (χ0v) is 13.3. The molecule has 1 atom stereocenters. The summed E-state index contributed by atoms with van der Waals surface area (Å²) < 4.78 is 13.6. The van der Waals surface area contributed by atoms with Gasteiger partial charge in [0.25, 0.3) is 5.69 Å². The van der Waals surface area contributed by atoms with E-state index in [-0.39, 0.29) is 22.6 Å². The number of rotatable bonds is 4. The SMILES string of the molecule is CC(Nc1ccc([N+](=O)[O-])c(Cl)c1)c1ccc(F)c(Br)c1. The summed E-state index contributed by atoms with van der Waals surface area (Å²) >= 11 is 9.00. The number of halogens is 3. The van der Waals surface area contributed by atoms with Gasteiger partial charge in [-0.2, -0.15) is 0 Å². The van der Waals surface area contributed by atoms with Gasteiger partial charge < -0.3 is 5.32 Å². The first kappa shape index (κ1) is 15.7. The Hall–Kier alpha value is -1.66. The van der Waals surface area contributed by atoms with Crippen LogP contribution >= 0.6 is 27.5 Å². The minimum Gasteiger partial charge on any atom is -0.378 e. The van der Waals surface area contributed by atoms with Gasteiger partial charge in [0.15, 0.2) is 0 Å². The van der Waals surface area contributed by atoms with E-state index in [4.69, 9.17) is 11.6 Å². The van der Waals surface area contributed by atoms with Crippen molar-refractivity contribution in [1.82, 2.24) is 0 Å². The third-order valence-electron chi connectivity index (χ3n) is 2.97. The second-order valence-corrected chi connectivity index (χ2v) is 5.72. The molecule has 0 aromatic heterocycles. The summed E-state index contributed by atoms with van der Waals surface area (Å²) in [6.07, 6.45) is 0. The molecule has 2 aromatic carbocycles. The van der Waals surface area contributed by atoms with Crippen LogP contribution in [0.5, 0.6) is 0 Å². The summed E-state index contributed by atoms with van der Waals surface area (Å²) in [4.78, 5) is 10.2. The van der Waals surface area contributed by atoms with Gasteiger partial charge in [0.2, 0.25) is 0 Å². The van der Waals surface area contributed by atoms with Crippen molar-refractivity contribution in [2.75, 3.05) is 5.32 Å². The molecule has 0 radical (unpaired) electrons. The lowest BCUT2D eigenvalue weighted by atomic mass is 10.1. The summed E-state index contributed by atoms with van der Waals surface area (Å²) in [5, 5.41) is 13.9. The van der Waals surface area contributed by atoms with Crippen molar-refractivity contribution in [1.29, 1.82) is 0 Å². The van der Waals surface area contributed by atoms with Crippen LogP contribution in [0.15, 0.2) is 40.9 Å². The van der Waals surface area contributed by atoms with E-state index in [1.165, 1.54) is 18.2 Å². The quantitative estimate of drug-likeness (QED) is 0.582. The minimum absolute atomic E-state index is 0.0671.